The minimum Gasteiger partial charge on any atom is -0.872 e. The van der Waals surface area contributed by atoms with Gasteiger partial charge < -0.3 is 24.4 Å². The molecular formula is C30H34N4O5. The van der Waals surface area contributed by atoms with Crippen molar-refractivity contribution in [2.75, 3.05) is 46.0 Å². The number of rotatable bonds is 9. The van der Waals surface area contributed by atoms with E-state index in [2.05, 4.69) is 5.10 Å². The minimum absolute atomic E-state index is 0.0291. The van der Waals surface area contributed by atoms with Crippen molar-refractivity contribution in [3.05, 3.63) is 83.2 Å². The zero-order valence-corrected chi connectivity index (χ0v) is 22.4. The predicted molar refractivity (Wildman–Crippen MR) is 143 cm³/mol. The molecule has 2 saturated heterocycles. The largest absolute Gasteiger partial charge is 0.872 e. The van der Waals surface area contributed by atoms with Gasteiger partial charge in [-0.2, -0.15) is 5.10 Å². The van der Waals surface area contributed by atoms with E-state index in [-0.39, 0.29) is 5.57 Å². The topological polar surface area (TPSA) is 101 Å². The summed E-state index contributed by atoms with van der Waals surface area (Å²) in [5.41, 5.74) is 2.40. The molecule has 1 aromatic heterocycles. The number of morpholine rings is 1. The first kappa shape index (κ1) is 26.6. The number of likely N-dealkylation sites (tertiary alicyclic amines) is 1. The molecule has 2 aliphatic rings. The number of carbonyl (C=O) groups is 2. The normalized spacial score (nSPS) is 19.5. The predicted octanol–water partition coefficient (Wildman–Crippen LogP) is 1.11. The van der Waals surface area contributed by atoms with E-state index in [0.29, 0.717) is 42.1 Å². The Balaban J connectivity index is 1.50. The molecule has 0 bridgehead atoms. The van der Waals surface area contributed by atoms with Gasteiger partial charge in [0.1, 0.15) is 18.8 Å². The second-order valence-electron chi connectivity index (χ2n) is 9.83. The maximum atomic E-state index is 14.0. The van der Waals surface area contributed by atoms with Crippen molar-refractivity contribution < 1.29 is 29.1 Å². The number of amides is 1. The summed E-state index contributed by atoms with van der Waals surface area (Å²) in [6.07, 6.45) is 2.20. The summed E-state index contributed by atoms with van der Waals surface area (Å²) in [5, 5.41) is 18.4. The first-order chi connectivity index (χ1) is 19.0. The van der Waals surface area contributed by atoms with Crippen molar-refractivity contribution in [2.24, 2.45) is 0 Å². The van der Waals surface area contributed by atoms with Gasteiger partial charge in [-0.1, -0.05) is 36.1 Å². The van der Waals surface area contributed by atoms with E-state index in [1.54, 1.807) is 16.5 Å². The number of nitrogens with one attached hydrogen (secondary N) is 1. The molecule has 0 aliphatic carbocycles. The van der Waals surface area contributed by atoms with Crippen LogP contribution in [0.25, 0.3) is 11.4 Å². The number of carbonyl (C=O) groups excluding carboxylic acids is 2. The average molecular weight is 531 g/mol. The molecular weight excluding hydrogens is 496 g/mol. The van der Waals surface area contributed by atoms with Crippen LogP contribution in [0.5, 0.6) is 5.75 Å². The van der Waals surface area contributed by atoms with Crippen molar-refractivity contribution >= 4 is 17.4 Å². The molecule has 5 rings (SSSR count). The second-order valence-corrected chi connectivity index (χ2v) is 9.83. The van der Waals surface area contributed by atoms with Gasteiger partial charge in [-0.15, -0.1) is 0 Å². The number of quaternary nitrogens is 1. The highest BCUT2D eigenvalue weighted by Crippen LogP contribution is 2.39. The third-order valence-electron chi connectivity index (χ3n) is 7.42. The van der Waals surface area contributed by atoms with E-state index in [9.17, 15) is 14.7 Å². The van der Waals surface area contributed by atoms with Gasteiger partial charge in [0.15, 0.2) is 0 Å². The van der Waals surface area contributed by atoms with Crippen LogP contribution in [0.2, 0.25) is 0 Å². The van der Waals surface area contributed by atoms with E-state index in [1.807, 2.05) is 61.5 Å². The molecule has 1 amide bonds. The van der Waals surface area contributed by atoms with Crippen molar-refractivity contribution in [3.63, 3.8) is 0 Å². The van der Waals surface area contributed by atoms with Crippen molar-refractivity contribution in [1.82, 2.24) is 14.7 Å². The number of Topliss-reactive ketones (excluding diaryl/α,β-unsaturated/α-hetero) is 1. The van der Waals surface area contributed by atoms with Crippen LogP contribution in [-0.4, -0.2) is 72.4 Å². The minimum atomic E-state index is -0.771. The fraction of sp³-hybridized carbons (Fsp3) is 0.367. The van der Waals surface area contributed by atoms with Gasteiger partial charge in [0.05, 0.1) is 44.3 Å². The van der Waals surface area contributed by atoms with Gasteiger partial charge in [0, 0.05) is 29.8 Å². The summed E-state index contributed by atoms with van der Waals surface area (Å²) in [7, 11) is 0. The quantitative estimate of drug-likeness (QED) is 0.253. The third-order valence-corrected chi connectivity index (χ3v) is 7.42. The Morgan fingerprint density at radius 1 is 1.10 bits per heavy atom. The molecule has 204 valence electrons. The zero-order chi connectivity index (χ0) is 27.4. The van der Waals surface area contributed by atoms with Crippen molar-refractivity contribution in [1.29, 1.82) is 0 Å². The lowest BCUT2D eigenvalue weighted by atomic mass is 9.95. The molecule has 0 radical (unpaired) electrons. The first-order valence-corrected chi connectivity index (χ1v) is 13.5. The number of aromatic nitrogens is 2. The molecule has 3 heterocycles. The van der Waals surface area contributed by atoms with Crippen molar-refractivity contribution in [3.8, 4) is 11.4 Å². The molecule has 2 fully saturated rings. The van der Waals surface area contributed by atoms with Gasteiger partial charge in [0.2, 0.25) is 5.78 Å². The number of ether oxygens (including phenoxy) is 2. The van der Waals surface area contributed by atoms with Gasteiger partial charge in [0.25, 0.3) is 5.91 Å². The van der Waals surface area contributed by atoms with Gasteiger partial charge >= 0.3 is 0 Å². The summed E-state index contributed by atoms with van der Waals surface area (Å²) >= 11 is 0. The van der Waals surface area contributed by atoms with Gasteiger partial charge in [-0.3, -0.25) is 9.59 Å². The lowest BCUT2D eigenvalue weighted by Crippen LogP contribution is -3.14. The van der Waals surface area contributed by atoms with Crippen LogP contribution in [0.1, 0.15) is 36.2 Å². The Morgan fingerprint density at radius 2 is 1.82 bits per heavy atom. The van der Waals surface area contributed by atoms with E-state index in [1.165, 1.54) is 11.1 Å². The summed E-state index contributed by atoms with van der Waals surface area (Å²) in [4.78, 5) is 29.7. The van der Waals surface area contributed by atoms with Crippen molar-refractivity contribution in [2.45, 2.75) is 26.3 Å². The summed E-state index contributed by atoms with van der Waals surface area (Å²) < 4.78 is 12.7. The molecule has 9 heteroatoms. The summed E-state index contributed by atoms with van der Waals surface area (Å²) in [5.74, 6) is -1.16. The number of para-hydroxylation sites is 1. The number of hydrogen-bond donors (Lipinski definition) is 1. The Hall–Kier alpha value is -3.95. The molecule has 2 aromatic carbocycles. The number of benzene rings is 2. The summed E-state index contributed by atoms with van der Waals surface area (Å²) in [6, 6.07) is 16.0. The van der Waals surface area contributed by atoms with Crippen LogP contribution >= 0.6 is 0 Å². The van der Waals surface area contributed by atoms with E-state index in [0.717, 1.165) is 38.5 Å². The highest BCUT2D eigenvalue weighted by atomic mass is 16.5. The summed E-state index contributed by atoms with van der Waals surface area (Å²) in [6.45, 7) is 8.78. The smallest absolute Gasteiger partial charge is 0.295 e. The molecule has 3 aromatic rings. The second kappa shape index (κ2) is 11.8. The van der Waals surface area contributed by atoms with Crippen LogP contribution in [0.3, 0.4) is 0 Å². The fourth-order valence-corrected chi connectivity index (χ4v) is 5.38. The molecule has 1 unspecified atom stereocenters. The van der Waals surface area contributed by atoms with Gasteiger partial charge in [-0.05, 0) is 43.7 Å². The molecule has 9 nitrogen and oxygen atoms in total. The Bertz CT molecular complexity index is 1340. The Kier molecular flexibility index (Phi) is 8.09. The molecule has 0 saturated carbocycles. The maximum Gasteiger partial charge on any atom is 0.295 e. The molecule has 39 heavy (non-hydrogen) atoms. The number of nitrogens with zero attached hydrogens (tertiary/aromatic N) is 3. The van der Waals surface area contributed by atoms with Crippen LogP contribution in [-0.2, 0) is 14.3 Å². The van der Waals surface area contributed by atoms with Crippen LogP contribution in [0, 0.1) is 6.92 Å². The average Bonchev–Trinajstić information content (AvgIpc) is 3.47. The van der Waals surface area contributed by atoms with Gasteiger partial charge in [-0.25, -0.2) is 4.68 Å². The standard InChI is InChI=1S/C30H34N4O5/c1-3-39-24-12-10-22(11-13-24)27-26(28(35)25-20-31-34(21(25)2)23-8-5-4-6-9-23)29(36)30(37)33(27)15-7-14-32-16-18-38-19-17-32/h4-6,8-13,20,27,35H,3,7,14-19H2,1-2H3. The van der Waals surface area contributed by atoms with Crippen LogP contribution < -0.4 is 14.7 Å². The Labute approximate surface area is 228 Å². The highest BCUT2D eigenvalue weighted by Gasteiger charge is 2.44. The highest BCUT2D eigenvalue weighted by molar-refractivity contribution is 6.46. The zero-order valence-electron chi connectivity index (χ0n) is 22.4. The monoisotopic (exact) mass is 530 g/mol. The van der Waals surface area contributed by atoms with Crippen LogP contribution in [0.15, 0.2) is 66.4 Å². The van der Waals surface area contributed by atoms with E-state index < -0.39 is 23.5 Å². The van der Waals surface area contributed by atoms with E-state index >= 15 is 0 Å². The lowest BCUT2D eigenvalue weighted by molar-refractivity contribution is -0.908. The molecule has 2 aliphatic heterocycles. The SMILES string of the molecule is CCOc1ccc(C2C(=C([O-])c3cnn(-c4ccccc4)c3C)C(=O)C(=O)N2CCC[NH+]2CCOCC2)cc1. The van der Waals surface area contributed by atoms with Crippen LogP contribution in [0.4, 0.5) is 0 Å². The Morgan fingerprint density at radius 3 is 2.51 bits per heavy atom. The molecule has 1 atom stereocenters. The number of hydrogen-bond acceptors (Lipinski definition) is 6. The number of ketones is 1. The fourth-order valence-electron chi connectivity index (χ4n) is 5.38. The first-order valence-electron chi connectivity index (χ1n) is 13.5. The van der Waals surface area contributed by atoms with E-state index in [4.69, 9.17) is 9.47 Å². The molecule has 1 N–H and O–H groups in total. The lowest BCUT2D eigenvalue weighted by Gasteiger charge is -2.29. The maximum absolute atomic E-state index is 14.0. The molecule has 0 spiro atoms. The third kappa shape index (κ3) is 5.46.